The molecule has 0 saturated heterocycles. The standard InChI is InChI=1S/CH5N2O2S/c2-1-6(3,4)5/h1H,2H2,(H2,3,4,5). The van der Waals surface area contributed by atoms with Crippen LogP contribution in [0.4, 0.5) is 0 Å². The van der Waals surface area contributed by atoms with Gasteiger partial charge < -0.3 is 5.73 Å². The molecular weight excluding hydrogens is 104 g/mol. The molecule has 37 valence electrons. The Morgan fingerprint density at radius 3 is 1.67 bits per heavy atom. The Hall–Kier alpha value is -0.130. The highest BCUT2D eigenvalue weighted by atomic mass is 32.2. The topological polar surface area (TPSA) is 86.2 Å². The average molecular weight is 109 g/mol. The summed E-state index contributed by atoms with van der Waals surface area (Å²) < 4.78 is 19.2. The summed E-state index contributed by atoms with van der Waals surface area (Å²) in [5.74, 6) is 0.438. The zero-order valence-corrected chi connectivity index (χ0v) is 3.77. The fraction of sp³-hybridized carbons (Fsp3) is 0. The van der Waals surface area contributed by atoms with E-state index >= 15 is 0 Å². The smallest absolute Gasteiger partial charge is 0.227 e. The fourth-order valence-electron chi connectivity index (χ4n) is 0. The third-order valence-electron chi connectivity index (χ3n) is 0.190. The molecule has 1 radical (unpaired) electrons. The lowest BCUT2D eigenvalue weighted by molar-refractivity contribution is 0.602. The number of hydrogen-bond donors (Lipinski definition) is 2. The summed E-state index contributed by atoms with van der Waals surface area (Å²) in [5, 5.41) is 4.33. The molecule has 0 saturated carbocycles. The molecule has 6 heavy (non-hydrogen) atoms. The molecule has 0 atom stereocenters. The number of nitrogens with two attached hydrogens (primary N) is 2. The van der Waals surface area contributed by atoms with Crippen molar-refractivity contribution in [3.8, 4) is 0 Å². The Kier molecular flexibility index (Phi) is 1.51. The normalized spacial score (nSPS) is 11.7. The van der Waals surface area contributed by atoms with E-state index in [2.05, 4.69) is 10.9 Å². The Balaban J connectivity index is 3.85. The lowest BCUT2D eigenvalue weighted by atomic mass is 11.6. The van der Waals surface area contributed by atoms with Crippen molar-refractivity contribution in [3.63, 3.8) is 0 Å². The van der Waals surface area contributed by atoms with E-state index in [1.54, 1.807) is 0 Å². The molecule has 0 aromatic carbocycles. The first-order chi connectivity index (χ1) is 2.56. The van der Waals surface area contributed by atoms with Crippen LogP contribution >= 0.6 is 0 Å². The van der Waals surface area contributed by atoms with Gasteiger partial charge in [-0.2, -0.15) is 0 Å². The zero-order valence-electron chi connectivity index (χ0n) is 2.96. The minimum Gasteiger partial charge on any atom is -0.312 e. The van der Waals surface area contributed by atoms with Crippen LogP contribution in [0, 0.1) is 5.88 Å². The highest BCUT2D eigenvalue weighted by Gasteiger charge is 1.92. The second kappa shape index (κ2) is 1.55. The highest BCUT2D eigenvalue weighted by molar-refractivity contribution is 7.91. The van der Waals surface area contributed by atoms with E-state index in [1.807, 2.05) is 0 Å². The van der Waals surface area contributed by atoms with Crippen LogP contribution in [0.15, 0.2) is 0 Å². The quantitative estimate of drug-likeness (QED) is 0.423. The van der Waals surface area contributed by atoms with E-state index in [9.17, 15) is 8.42 Å². The van der Waals surface area contributed by atoms with Gasteiger partial charge in [0.25, 0.3) is 0 Å². The first-order valence-electron chi connectivity index (χ1n) is 1.14. The number of hydrogen-bond acceptors (Lipinski definition) is 3. The summed E-state index contributed by atoms with van der Waals surface area (Å²) in [4.78, 5) is 0. The van der Waals surface area contributed by atoms with Gasteiger partial charge in [0.1, 0.15) is 0 Å². The van der Waals surface area contributed by atoms with Gasteiger partial charge >= 0.3 is 0 Å². The minimum absolute atomic E-state index is 0.438. The molecular formula is CH5N2O2S. The van der Waals surface area contributed by atoms with Crippen molar-refractivity contribution >= 4 is 10.0 Å². The van der Waals surface area contributed by atoms with Crippen LogP contribution in [-0.2, 0) is 10.0 Å². The molecule has 0 aliphatic rings. The Morgan fingerprint density at radius 2 is 1.67 bits per heavy atom. The van der Waals surface area contributed by atoms with Gasteiger partial charge in [-0.1, -0.05) is 0 Å². The molecule has 0 fully saturated rings. The van der Waals surface area contributed by atoms with Crippen molar-refractivity contribution < 1.29 is 8.42 Å². The molecule has 0 bridgehead atoms. The summed E-state index contributed by atoms with van der Waals surface area (Å²) in [5.41, 5.74) is 4.47. The van der Waals surface area contributed by atoms with Gasteiger partial charge in [-0.05, 0) is 0 Å². The molecule has 0 amide bonds. The highest BCUT2D eigenvalue weighted by Crippen LogP contribution is 1.68. The summed E-state index contributed by atoms with van der Waals surface area (Å²) in [6.07, 6.45) is 0. The van der Waals surface area contributed by atoms with Gasteiger partial charge in [-0.3, -0.25) is 0 Å². The third kappa shape index (κ3) is 3.87. The van der Waals surface area contributed by atoms with Gasteiger partial charge in [-0.15, -0.1) is 0 Å². The maximum absolute atomic E-state index is 9.60. The van der Waals surface area contributed by atoms with Crippen molar-refractivity contribution in [3.05, 3.63) is 5.88 Å². The van der Waals surface area contributed by atoms with Gasteiger partial charge in [0, 0.05) is 0 Å². The van der Waals surface area contributed by atoms with E-state index in [0.717, 1.165) is 0 Å². The third-order valence-corrected chi connectivity index (χ3v) is 0.569. The molecule has 5 heteroatoms. The predicted molar refractivity (Wildman–Crippen MR) is 21.6 cm³/mol. The second-order valence-electron chi connectivity index (χ2n) is 0.725. The molecule has 0 spiro atoms. The fourth-order valence-corrected chi connectivity index (χ4v) is 0. The van der Waals surface area contributed by atoms with Crippen molar-refractivity contribution in [1.82, 2.24) is 0 Å². The number of rotatable bonds is 1. The van der Waals surface area contributed by atoms with Crippen LogP contribution in [-0.4, -0.2) is 8.42 Å². The van der Waals surface area contributed by atoms with E-state index < -0.39 is 10.0 Å². The number of primary sulfonamides is 1. The van der Waals surface area contributed by atoms with Crippen LogP contribution in [0.25, 0.3) is 0 Å². The van der Waals surface area contributed by atoms with E-state index in [4.69, 9.17) is 0 Å². The summed E-state index contributed by atoms with van der Waals surface area (Å²) in [6, 6.07) is 0. The van der Waals surface area contributed by atoms with Crippen LogP contribution in [0.2, 0.25) is 0 Å². The van der Waals surface area contributed by atoms with E-state index in [1.165, 1.54) is 0 Å². The first-order valence-corrected chi connectivity index (χ1v) is 2.75. The Labute approximate surface area is 36.2 Å². The summed E-state index contributed by atoms with van der Waals surface area (Å²) >= 11 is 0. The molecule has 4 N–H and O–H groups in total. The van der Waals surface area contributed by atoms with Crippen molar-refractivity contribution in [2.24, 2.45) is 10.9 Å². The zero-order chi connectivity index (χ0) is 5.21. The first kappa shape index (κ1) is 5.87. The van der Waals surface area contributed by atoms with Crippen LogP contribution < -0.4 is 10.9 Å². The van der Waals surface area contributed by atoms with Crippen LogP contribution in [0.5, 0.6) is 0 Å². The van der Waals surface area contributed by atoms with Crippen LogP contribution in [0.3, 0.4) is 0 Å². The molecule has 0 aliphatic heterocycles. The monoisotopic (exact) mass is 109 g/mol. The van der Waals surface area contributed by atoms with Gasteiger partial charge in [0.2, 0.25) is 10.0 Å². The lowest BCUT2D eigenvalue weighted by Crippen LogP contribution is -2.16. The number of sulfonamides is 1. The molecule has 0 unspecified atom stereocenters. The lowest BCUT2D eigenvalue weighted by Gasteiger charge is -1.81. The Bertz CT molecular complexity index is 114. The minimum atomic E-state index is -3.51. The predicted octanol–water partition coefficient (Wildman–Crippen LogP) is -1.65. The van der Waals surface area contributed by atoms with Crippen molar-refractivity contribution in [1.29, 1.82) is 0 Å². The Morgan fingerprint density at radius 1 is 1.50 bits per heavy atom. The molecule has 0 heterocycles. The SMILES string of the molecule is N[CH]S(N)(=O)=O. The average Bonchev–Trinajstić information content (AvgIpc) is 1.35. The van der Waals surface area contributed by atoms with Gasteiger partial charge in [0.05, 0.1) is 0 Å². The van der Waals surface area contributed by atoms with Gasteiger partial charge in [-0.25, -0.2) is 13.6 Å². The van der Waals surface area contributed by atoms with Gasteiger partial charge in [0.15, 0.2) is 5.88 Å². The summed E-state index contributed by atoms with van der Waals surface area (Å²) in [7, 11) is -3.51. The maximum atomic E-state index is 9.60. The second-order valence-corrected chi connectivity index (χ2v) is 2.18. The maximum Gasteiger partial charge on any atom is 0.227 e. The van der Waals surface area contributed by atoms with Crippen molar-refractivity contribution in [2.45, 2.75) is 0 Å². The largest absolute Gasteiger partial charge is 0.312 e. The van der Waals surface area contributed by atoms with E-state index in [-0.39, 0.29) is 0 Å². The molecule has 0 rings (SSSR count). The molecule has 4 nitrogen and oxygen atoms in total. The molecule has 0 aliphatic carbocycles. The van der Waals surface area contributed by atoms with Crippen molar-refractivity contribution in [2.75, 3.05) is 0 Å². The molecule has 0 aromatic heterocycles. The van der Waals surface area contributed by atoms with Crippen LogP contribution in [0.1, 0.15) is 0 Å². The summed E-state index contributed by atoms with van der Waals surface area (Å²) in [6.45, 7) is 0. The van der Waals surface area contributed by atoms with E-state index in [0.29, 0.717) is 5.88 Å². The molecule has 0 aromatic rings.